The van der Waals surface area contributed by atoms with Crippen LogP contribution in [-0.4, -0.2) is 19.6 Å². The quantitative estimate of drug-likeness (QED) is 0.167. The molecule has 4 nitrogen and oxygen atoms in total. The Bertz CT molecular complexity index is 3880. The van der Waals surface area contributed by atoms with E-state index in [1.54, 1.807) is 0 Å². The van der Waals surface area contributed by atoms with Gasteiger partial charge in [-0.3, -0.25) is 0 Å². The maximum atomic E-state index is 5.44. The maximum Gasteiger partial charge on any atom is 0.160 e. The summed E-state index contributed by atoms with van der Waals surface area (Å²) >= 11 is 0. The largest absolute Gasteiger partial charge is 0.231 e. The molecule has 2 aliphatic carbocycles. The molecule has 3 aromatic heterocycles. The zero-order valence-electron chi connectivity index (χ0n) is 36.9. The Balaban J connectivity index is 0.934. The topological polar surface area (TPSA) is 43.1 Å². The predicted octanol–water partition coefficient (Wildman–Crippen LogP) is 15.6. The molecule has 3 heterocycles. The summed E-state index contributed by atoms with van der Waals surface area (Å²) in [7, 11) is 0. The first kappa shape index (κ1) is 38.3. The summed E-state index contributed by atoms with van der Waals surface area (Å²) in [5, 5.41) is 7.76. The first-order valence-corrected chi connectivity index (χ1v) is 23.3. The lowest BCUT2D eigenvalue weighted by Gasteiger charge is -2.30. The van der Waals surface area contributed by atoms with Crippen LogP contribution in [0.5, 0.6) is 0 Å². The van der Waals surface area contributed by atoms with Crippen LogP contribution < -0.4 is 0 Å². The number of pyridine rings is 1. The lowest BCUT2D eigenvalue weighted by Crippen LogP contribution is -2.25. The van der Waals surface area contributed by atoms with Gasteiger partial charge in [-0.2, -0.15) is 5.10 Å². The van der Waals surface area contributed by atoms with E-state index in [0.29, 0.717) is 5.82 Å². The van der Waals surface area contributed by atoms with Gasteiger partial charge >= 0.3 is 0 Å². The highest BCUT2D eigenvalue weighted by atomic mass is 15.2. The summed E-state index contributed by atoms with van der Waals surface area (Å²) in [5.74, 6) is 0.688. The van der Waals surface area contributed by atoms with Gasteiger partial charge in [0.2, 0.25) is 0 Å². The monoisotopic (exact) mass is 864 g/mol. The molecule has 0 saturated carbocycles. The number of fused-ring (bicyclic) bond motifs is 13. The van der Waals surface area contributed by atoms with Crippen LogP contribution in [-0.2, 0) is 5.41 Å². The van der Waals surface area contributed by atoms with Crippen molar-refractivity contribution in [3.05, 3.63) is 265 Å². The molecule has 14 rings (SSSR count). The van der Waals surface area contributed by atoms with Gasteiger partial charge in [-0.05, 0) is 73.7 Å². The van der Waals surface area contributed by atoms with Gasteiger partial charge in [0.25, 0.3) is 0 Å². The Morgan fingerprint density at radius 2 is 0.809 bits per heavy atom. The molecule has 316 valence electrons. The van der Waals surface area contributed by atoms with Gasteiger partial charge in [-0.1, -0.05) is 224 Å². The zero-order valence-corrected chi connectivity index (χ0v) is 36.9. The molecule has 1 spiro atoms. The number of rotatable bonds is 6. The summed E-state index contributed by atoms with van der Waals surface area (Å²) in [6, 6.07) is 87.2. The van der Waals surface area contributed by atoms with Gasteiger partial charge in [-0.25, -0.2) is 14.5 Å². The second-order valence-electron chi connectivity index (χ2n) is 17.9. The molecule has 0 unspecified atom stereocenters. The van der Waals surface area contributed by atoms with E-state index in [-0.39, 0.29) is 0 Å². The molecular formula is C64H40N4. The van der Waals surface area contributed by atoms with Crippen molar-refractivity contribution in [2.75, 3.05) is 0 Å². The van der Waals surface area contributed by atoms with Crippen LogP contribution in [0.4, 0.5) is 0 Å². The number of benzene rings is 9. The van der Waals surface area contributed by atoms with E-state index < -0.39 is 5.41 Å². The van der Waals surface area contributed by atoms with E-state index in [2.05, 4.69) is 247 Å². The van der Waals surface area contributed by atoms with Crippen molar-refractivity contribution < 1.29 is 0 Å². The molecule has 0 aliphatic heterocycles. The zero-order chi connectivity index (χ0) is 44.8. The van der Waals surface area contributed by atoms with Crippen LogP contribution >= 0.6 is 0 Å². The summed E-state index contributed by atoms with van der Waals surface area (Å²) in [4.78, 5) is 10.8. The predicted molar refractivity (Wildman–Crippen MR) is 277 cm³/mol. The third-order valence-electron chi connectivity index (χ3n) is 14.3. The van der Waals surface area contributed by atoms with Crippen molar-refractivity contribution in [2.24, 2.45) is 0 Å². The number of hydrogen-bond acceptors (Lipinski definition) is 3. The Hall–Kier alpha value is -8.99. The third-order valence-corrected chi connectivity index (χ3v) is 14.3. The summed E-state index contributed by atoms with van der Waals surface area (Å²) in [6.07, 6.45) is 0. The summed E-state index contributed by atoms with van der Waals surface area (Å²) in [5.41, 5.74) is 22.0. The molecule has 2 aliphatic rings. The van der Waals surface area contributed by atoms with E-state index in [1.807, 2.05) is 0 Å². The van der Waals surface area contributed by atoms with Crippen molar-refractivity contribution in [1.82, 2.24) is 19.6 Å². The van der Waals surface area contributed by atoms with E-state index in [9.17, 15) is 0 Å². The van der Waals surface area contributed by atoms with Crippen LogP contribution in [0.2, 0.25) is 0 Å². The molecular weight excluding hydrogens is 825 g/mol. The second kappa shape index (κ2) is 15.0. The number of aromatic nitrogens is 4. The van der Waals surface area contributed by atoms with E-state index in [4.69, 9.17) is 15.1 Å². The van der Waals surface area contributed by atoms with Crippen LogP contribution in [0, 0.1) is 0 Å². The highest BCUT2D eigenvalue weighted by Crippen LogP contribution is 2.63. The first-order chi connectivity index (χ1) is 33.7. The SMILES string of the molecule is c1ccc(-c2cc(-c3ccc(-c4cc5ccccc5c5c(-c6ccccc6)c(-c6ccccc6)nn45)cc3)nc(-c3ccc4c(c3)C3(c5ccccc5-c5ccccc53)c3ccccc3-4)n2)cc1. The minimum atomic E-state index is -0.461. The molecule has 0 atom stereocenters. The average molecular weight is 865 g/mol. The highest BCUT2D eigenvalue weighted by molar-refractivity contribution is 6.08. The van der Waals surface area contributed by atoms with Crippen molar-refractivity contribution in [3.8, 4) is 89.8 Å². The summed E-state index contributed by atoms with van der Waals surface area (Å²) in [6.45, 7) is 0. The van der Waals surface area contributed by atoms with Crippen molar-refractivity contribution in [3.63, 3.8) is 0 Å². The fourth-order valence-corrected chi connectivity index (χ4v) is 11.3. The lowest BCUT2D eigenvalue weighted by molar-refractivity contribution is 0.794. The second-order valence-corrected chi connectivity index (χ2v) is 17.9. The average Bonchev–Trinajstić information content (AvgIpc) is 4.07. The van der Waals surface area contributed by atoms with Crippen LogP contribution in [0.1, 0.15) is 22.3 Å². The molecule has 0 N–H and O–H groups in total. The molecule has 0 radical (unpaired) electrons. The minimum absolute atomic E-state index is 0.461. The van der Waals surface area contributed by atoms with Gasteiger partial charge in [0.15, 0.2) is 5.82 Å². The number of nitrogens with zero attached hydrogens (tertiary/aromatic N) is 4. The Kier molecular flexibility index (Phi) is 8.46. The van der Waals surface area contributed by atoms with Gasteiger partial charge in [0.1, 0.15) is 5.69 Å². The van der Waals surface area contributed by atoms with Crippen LogP contribution in [0.15, 0.2) is 243 Å². The molecule has 0 amide bonds. The first-order valence-electron chi connectivity index (χ1n) is 23.3. The molecule has 12 aromatic rings. The van der Waals surface area contributed by atoms with E-state index in [0.717, 1.165) is 78.0 Å². The lowest BCUT2D eigenvalue weighted by atomic mass is 9.70. The molecule has 0 saturated heterocycles. The third kappa shape index (κ3) is 5.64. The fraction of sp³-hybridized carbons (Fsp3) is 0.0156. The van der Waals surface area contributed by atoms with E-state index >= 15 is 0 Å². The van der Waals surface area contributed by atoms with Crippen molar-refractivity contribution in [1.29, 1.82) is 0 Å². The normalized spacial score (nSPS) is 12.8. The maximum absolute atomic E-state index is 5.44. The Morgan fingerprint density at radius 1 is 0.338 bits per heavy atom. The molecule has 0 fully saturated rings. The van der Waals surface area contributed by atoms with Gasteiger partial charge in [0.05, 0.1) is 28.0 Å². The van der Waals surface area contributed by atoms with Crippen molar-refractivity contribution >= 4 is 16.3 Å². The minimum Gasteiger partial charge on any atom is -0.231 e. The molecule has 68 heavy (non-hydrogen) atoms. The fourth-order valence-electron chi connectivity index (χ4n) is 11.3. The molecule has 0 bridgehead atoms. The van der Waals surface area contributed by atoms with Gasteiger partial charge in [0, 0.05) is 38.8 Å². The van der Waals surface area contributed by atoms with Crippen LogP contribution in [0.3, 0.4) is 0 Å². The highest BCUT2D eigenvalue weighted by Gasteiger charge is 2.51. The standard InChI is InChI=1S/C64H40N4/c1-4-18-41(19-5-1)57-40-58(66-63(65-57)47-36-37-52-51-28-14-17-31-55(51)64(56(52)38-47)53-29-15-12-26-49(53)50-27-13-16-30-54(50)64)42-32-34-43(35-33-42)59-39-46-24-10-11-25-48(46)62-60(44-20-6-2-7-21-44)61(67-68(59)62)45-22-8-3-9-23-45/h1-40H. The van der Waals surface area contributed by atoms with Crippen molar-refractivity contribution in [2.45, 2.75) is 5.41 Å². The van der Waals surface area contributed by atoms with Gasteiger partial charge in [-0.15, -0.1) is 0 Å². The van der Waals surface area contributed by atoms with Crippen LogP contribution in [0.25, 0.3) is 106 Å². The number of hydrogen-bond donors (Lipinski definition) is 0. The van der Waals surface area contributed by atoms with Gasteiger partial charge < -0.3 is 0 Å². The Morgan fingerprint density at radius 3 is 1.43 bits per heavy atom. The summed E-state index contributed by atoms with van der Waals surface area (Å²) < 4.78 is 2.15. The Labute approximate surface area is 394 Å². The smallest absolute Gasteiger partial charge is 0.160 e. The molecule has 9 aromatic carbocycles. The molecule has 4 heteroatoms. The van der Waals surface area contributed by atoms with E-state index in [1.165, 1.54) is 44.5 Å².